The Kier molecular flexibility index (Phi) is 8.90. The zero-order valence-corrected chi connectivity index (χ0v) is 14.2. The van der Waals surface area contributed by atoms with Gasteiger partial charge in [0.2, 0.25) is 0 Å². The van der Waals surface area contributed by atoms with Crippen LogP contribution in [0.5, 0.6) is 11.5 Å². The van der Waals surface area contributed by atoms with Crippen LogP contribution in [0.25, 0.3) is 0 Å². The topological polar surface area (TPSA) is 44.5 Å². The number of hydrogen-bond donors (Lipinski definition) is 1. The zero-order valence-electron chi connectivity index (χ0n) is 14.2. The van der Waals surface area contributed by atoms with Crippen LogP contribution in [0.3, 0.4) is 0 Å². The molecule has 1 atom stereocenters. The van der Waals surface area contributed by atoms with Crippen LogP contribution in [0, 0.1) is 5.82 Å². The second-order valence-electron chi connectivity index (χ2n) is 5.65. The number of aryl methyl sites for hydroxylation is 1. The van der Waals surface area contributed by atoms with Gasteiger partial charge in [0.25, 0.3) is 0 Å². The highest BCUT2D eigenvalue weighted by Crippen LogP contribution is 2.31. The van der Waals surface area contributed by atoms with Crippen LogP contribution in [0.2, 0.25) is 0 Å². The van der Waals surface area contributed by atoms with Crippen molar-refractivity contribution in [2.45, 2.75) is 65.3 Å². The maximum atomic E-state index is 14.2. The Labute approximate surface area is 134 Å². The van der Waals surface area contributed by atoms with E-state index in [2.05, 4.69) is 6.92 Å². The first-order valence-electron chi connectivity index (χ1n) is 8.45. The number of halogens is 1. The van der Waals surface area contributed by atoms with Gasteiger partial charge in [-0.25, -0.2) is 4.39 Å². The molecule has 1 aromatic carbocycles. The van der Waals surface area contributed by atoms with Crippen molar-refractivity contribution < 1.29 is 13.9 Å². The minimum Gasteiger partial charge on any atom is -0.490 e. The van der Waals surface area contributed by atoms with E-state index in [4.69, 9.17) is 15.2 Å². The average molecular weight is 311 g/mol. The fraction of sp³-hybridized carbons (Fsp3) is 0.667. The molecule has 0 saturated heterocycles. The summed E-state index contributed by atoms with van der Waals surface area (Å²) in [4.78, 5) is 0. The van der Waals surface area contributed by atoms with Crippen molar-refractivity contribution >= 4 is 0 Å². The molecule has 0 aliphatic heterocycles. The Balaban J connectivity index is 2.79. The molecule has 22 heavy (non-hydrogen) atoms. The van der Waals surface area contributed by atoms with Gasteiger partial charge in [-0.2, -0.15) is 0 Å². The number of ether oxygens (including phenoxy) is 2. The van der Waals surface area contributed by atoms with Gasteiger partial charge in [-0.3, -0.25) is 0 Å². The van der Waals surface area contributed by atoms with Gasteiger partial charge >= 0.3 is 0 Å². The highest BCUT2D eigenvalue weighted by atomic mass is 19.1. The van der Waals surface area contributed by atoms with Crippen LogP contribution in [0.15, 0.2) is 12.1 Å². The van der Waals surface area contributed by atoms with Crippen molar-refractivity contribution in [3.8, 4) is 11.5 Å². The first-order chi connectivity index (χ1) is 10.6. The van der Waals surface area contributed by atoms with Crippen molar-refractivity contribution in [2.24, 2.45) is 5.73 Å². The molecule has 0 bridgehead atoms. The first kappa shape index (κ1) is 18.8. The lowest BCUT2D eigenvalue weighted by molar-refractivity contribution is 0.266. The molecule has 0 radical (unpaired) electrons. The summed E-state index contributed by atoms with van der Waals surface area (Å²) in [6, 6.07) is 3.44. The molecule has 1 unspecified atom stereocenters. The third-order valence-electron chi connectivity index (χ3n) is 3.58. The Bertz CT molecular complexity index is 437. The Morgan fingerprint density at radius 2 is 1.64 bits per heavy atom. The summed E-state index contributed by atoms with van der Waals surface area (Å²) in [6.07, 6.45) is 5.22. The predicted molar refractivity (Wildman–Crippen MR) is 89.2 cm³/mol. The summed E-state index contributed by atoms with van der Waals surface area (Å²) >= 11 is 0. The quantitative estimate of drug-likeness (QED) is 0.656. The number of hydrogen-bond acceptors (Lipinski definition) is 3. The van der Waals surface area contributed by atoms with Crippen molar-refractivity contribution in [2.75, 3.05) is 13.2 Å². The zero-order chi connectivity index (χ0) is 16.4. The second kappa shape index (κ2) is 10.4. The van der Waals surface area contributed by atoms with Gasteiger partial charge in [-0.15, -0.1) is 0 Å². The highest BCUT2D eigenvalue weighted by molar-refractivity contribution is 5.44. The minimum absolute atomic E-state index is 0.200. The summed E-state index contributed by atoms with van der Waals surface area (Å²) in [7, 11) is 0. The maximum absolute atomic E-state index is 14.2. The van der Waals surface area contributed by atoms with Crippen LogP contribution in [-0.4, -0.2) is 19.3 Å². The lowest BCUT2D eigenvalue weighted by atomic mass is 10.0. The molecule has 0 amide bonds. The van der Waals surface area contributed by atoms with E-state index >= 15 is 0 Å². The molecule has 0 saturated carbocycles. The highest BCUT2D eigenvalue weighted by Gasteiger charge is 2.13. The molecule has 0 fully saturated rings. The number of benzene rings is 1. The Hall–Kier alpha value is -1.29. The first-order valence-corrected chi connectivity index (χ1v) is 8.45. The van der Waals surface area contributed by atoms with Gasteiger partial charge < -0.3 is 15.2 Å². The van der Waals surface area contributed by atoms with Crippen LogP contribution >= 0.6 is 0 Å². The molecule has 126 valence electrons. The second-order valence-corrected chi connectivity index (χ2v) is 5.65. The average Bonchev–Trinajstić information content (AvgIpc) is 2.52. The van der Waals surface area contributed by atoms with E-state index in [9.17, 15) is 4.39 Å². The lowest BCUT2D eigenvalue weighted by Gasteiger charge is -2.15. The van der Waals surface area contributed by atoms with E-state index in [0.29, 0.717) is 36.7 Å². The van der Waals surface area contributed by atoms with E-state index in [0.717, 1.165) is 32.1 Å². The van der Waals surface area contributed by atoms with Crippen molar-refractivity contribution in [1.29, 1.82) is 0 Å². The summed E-state index contributed by atoms with van der Waals surface area (Å²) in [5.41, 5.74) is 6.59. The van der Waals surface area contributed by atoms with Crippen molar-refractivity contribution in [3.05, 3.63) is 23.5 Å². The number of rotatable bonds is 11. The summed E-state index contributed by atoms with van der Waals surface area (Å²) in [6.45, 7) is 7.31. The molecule has 1 rings (SSSR count). The third kappa shape index (κ3) is 6.22. The standard InChI is InChI=1S/C18H30FNO2/c1-4-10-21-17-12-14(8-7-9-15(20)6-3)16(19)13-18(17)22-11-5-2/h12-13,15H,4-11,20H2,1-3H3. The summed E-state index contributed by atoms with van der Waals surface area (Å²) in [5, 5.41) is 0. The third-order valence-corrected chi connectivity index (χ3v) is 3.58. The van der Waals surface area contributed by atoms with Crippen molar-refractivity contribution in [1.82, 2.24) is 0 Å². The molecular weight excluding hydrogens is 281 g/mol. The molecule has 1 aromatic rings. The van der Waals surface area contributed by atoms with Gasteiger partial charge in [-0.1, -0.05) is 20.8 Å². The van der Waals surface area contributed by atoms with Gasteiger partial charge in [0.05, 0.1) is 13.2 Å². The fourth-order valence-corrected chi connectivity index (χ4v) is 2.18. The predicted octanol–water partition coefficient (Wildman–Crippen LogP) is 4.46. The Morgan fingerprint density at radius 1 is 1.05 bits per heavy atom. The van der Waals surface area contributed by atoms with E-state index in [-0.39, 0.29) is 11.9 Å². The van der Waals surface area contributed by atoms with Crippen molar-refractivity contribution in [3.63, 3.8) is 0 Å². The molecule has 3 nitrogen and oxygen atoms in total. The van der Waals surface area contributed by atoms with Gasteiger partial charge in [-0.05, 0) is 50.2 Å². The van der Waals surface area contributed by atoms with Crippen LogP contribution in [0.1, 0.15) is 58.4 Å². The van der Waals surface area contributed by atoms with E-state index in [1.807, 2.05) is 13.8 Å². The smallest absolute Gasteiger partial charge is 0.164 e. The van der Waals surface area contributed by atoms with Gasteiger partial charge in [0.1, 0.15) is 5.82 Å². The van der Waals surface area contributed by atoms with E-state index in [1.165, 1.54) is 6.07 Å². The molecule has 0 aliphatic rings. The van der Waals surface area contributed by atoms with Gasteiger partial charge in [0.15, 0.2) is 11.5 Å². The largest absolute Gasteiger partial charge is 0.490 e. The van der Waals surface area contributed by atoms with Crippen LogP contribution in [0.4, 0.5) is 4.39 Å². The van der Waals surface area contributed by atoms with Gasteiger partial charge in [0, 0.05) is 12.1 Å². The number of nitrogens with two attached hydrogens (primary N) is 1. The summed E-state index contributed by atoms with van der Waals surface area (Å²) < 4.78 is 25.5. The fourth-order valence-electron chi connectivity index (χ4n) is 2.18. The summed E-state index contributed by atoms with van der Waals surface area (Å²) in [5.74, 6) is 0.924. The molecule has 0 heterocycles. The van der Waals surface area contributed by atoms with Crippen LogP contribution in [-0.2, 0) is 6.42 Å². The maximum Gasteiger partial charge on any atom is 0.164 e. The van der Waals surface area contributed by atoms with E-state index in [1.54, 1.807) is 6.07 Å². The molecule has 0 aromatic heterocycles. The lowest BCUT2D eigenvalue weighted by Crippen LogP contribution is -2.18. The monoisotopic (exact) mass is 311 g/mol. The molecule has 4 heteroatoms. The minimum atomic E-state index is -0.222. The molecule has 0 aliphatic carbocycles. The van der Waals surface area contributed by atoms with E-state index < -0.39 is 0 Å². The SMILES string of the molecule is CCCOc1cc(F)c(CCCC(N)CC)cc1OCCC. The molecule has 2 N–H and O–H groups in total. The van der Waals surface area contributed by atoms with Crippen LogP contribution < -0.4 is 15.2 Å². The normalized spacial score (nSPS) is 12.2. The molecule has 0 spiro atoms. The Morgan fingerprint density at radius 3 is 2.18 bits per heavy atom. The molecular formula is C18H30FNO2.